The van der Waals surface area contributed by atoms with Crippen LogP contribution >= 0.6 is 27.3 Å². The van der Waals surface area contributed by atoms with E-state index < -0.39 is 0 Å². The minimum absolute atomic E-state index is 0.184. The highest BCUT2D eigenvalue weighted by atomic mass is 79.9. The normalized spacial score (nSPS) is 17.0. The highest BCUT2D eigenvalue weighted by molar-refractivity contribution is 9.10. The van der Waals surface area contributed by atoms with Crippen LogP contribution in [0.15, 0.2) is 34.1 Å². The molecule has 0 bridgehead atoms. The van der Waals surface area contributed by atoms with E-state index in [1.54, 1.807) is 36.0 Å². The average molecular weight is 473 g/mol. The number of aromatic hydroxyl groups is 1. The third-order valence-corrected chi connectivity index (χ3v) is 7.91. The number of hydrogen-bond acceptors (Lipinski definition) is 6. The fourth-order valence-electron chi connectivity index (χ4n) is 3.94. The number of phenols is 1. The molecule has 4 rings (SSSR count). The summed E-state index contributed by atoms with van der Waals surface area (Å²) in [4.78, 5) is 11.4. The minimum Gasteiger partial charge on any atom is -0.507 e. The number of nitrogens with one attached hydrogen (secondary N) is 1. The maximum Gasteiger partial charge on any atom is 0.158 e. The van der Waals surface area contributed by atoms with E-state index in [0.717, 1.165) is 33.3 Å². The lowest BCUT2D eigenvalue weighted by molar-refractivity contribution is 0.184. The number of aryl methyl sites for hydroxylation is 1. The molecule has 0 saturated heterocycles. The number of hydrogen-bond donors (Lipinski definition) is 2. The molecular weight excluding hydrogens is 448 g/mol. The van der Waals surface area contributed by atoms with Crippen molar-refractivity contribution >= 4 is 49.5 Å². The molecule has 152 valence electrons. The van der Waals surface area contributed by atoms with E-state index >= 15 is 0 Å². The van der Waals surface area contributed by atoms with Gasteiger partial charge < -0.3 is 5.11 Å². The monoisotopic (exact) mass is 472 g/mol. The van der Waals surface area contributed by atoms with E-state index in [2.05, 4.69) is 57.2 Å². The van der Waals surface area contributed by atoms with Crippen molar-refractivity contribution in [1.29, 1.82) is 0 Å². The highest BCUT2D eigenvalue weighted by Crippen LogP contribution is 2.45. The second-order valence-corrected chi connectivity index (χ2v) is 10.3. The van der Waals surface area contributed by atoms with Crippen molar-refractivity contribution < 1.29 is 5.11 Å². The summed E-state index contributed by atoms with van der Waals surface area (Å²) in [6, 6.07) is 5.25. The zero-order valence-electron chi connectivity index (χ0n) is 16.9. The van der Waals surface area contributed by atoms with Crippen LogP contribution < -0.4 is 5.43 Å². The van der Waals surface area contributed by atoms with Gasteiger partial charge in [-0.05, 0) is 54.4 Å². The van der Waals surface area contributed by atoms with Gasteiger partial charge in [0, 0.05) is 14.9 Å². The van der Waals surface area contributed by atoms with Gasteiger partial charge in [0.15, 0.2) is 5.82 Å². The Morgan fingerprint density at radius 2 is 2.21 bits per heavy atom. The van der Waals surface area contributed by atoms with Crippen molar-refractivity contribution in [2.45, 2.75) is 46.5 Å². The molecule has 1 aliphatic carbocycles. The number of hydrazone groups is 1. The molecule has 0 fully saturated rings. The first-order valence-electron chi connectivity index (χ1n) is 9.92. The number of halogens is 1. The van der Waals surface area contributed by atoms with Crippen LogP contribution in [0.3, 0.4) is 0 Å². The second kappa shape index (κ2) is 8.03. The number of benzene rings is 1. The molecule has 0 radical (unpaired) electrons. The molecule has 1 aromatic carbocycles. The summed E-state index contributed by atoms with van der Waals surface area (Å²) in [5.41, 5.74) is 5.42. The molecular formula is C22H25BrN4OS. The lowest BCUT2D eigenvalue weighted by Gasteiger charge is -2.36. The van der Waals surface area contributed by atoms with Gasteiger partial charge in [-0.1, -0.05) is 43.1 Å². The Hall–Kier alpha value is -1.99. The first-order chi connectivity index (χ1) is 13.9. The van der Waals surface area contributed by atoms with E-state index in [0.29, 0.717) is 16.9 Å². The molecule has 2 N–H and O–H groups in total. The Labute approximate surface area is 183 Å². The minimum atomic E-state index is 0.184. The summed E-state index contributed by atoms with van der Waals surface area (Å²) in [6.45, 7) is 7.03. The molecule has 1 aliphatic rings. The van der Waals surface area contributed by atoms with Crippen LogP contribution in [0.2, 0.25) is 0 Å². The van der Waals surface area contributed by atoms with Crippen LogP contribution in [-0.4, -0.2) is 21.3 Å². The van der Waals surface area contributed by atoms with Gasteiger partial charge in [-0.25, -0.2) is 9.97 Å². The molecule has 2 aromatic heterocycles. The maximum atomic E-state index is 9.99. The molecule has 7 heteroatoms. The Balaban J connectivity index is 1.65. The lowest BCUT2D eigenvalue weighted by Crippen LogP contribution is -2.28. The Morgan fingerprint density at radius 1 is 1.38 bits per heavy atom. The van der Waals surface area contributed by atoms with Crippen molar-refractivity contribution in [2.24, 2.45) is 16.4 Å². The summed E-state index contributed by atoms with van der Waals surface area (Å²) in [5, 5.41) is 15.4. The number of fused-ring (bicyclic) bond motifs is 3. The molecule has 0 unspecified atom stereocenters. The quantitative estimate of drug-likeness (QED) is 0.345. The number of aromatic nitrogens is 2. The molecule has 3 aromatic rings. The predicted molar refractivity (Wildman–Crippen MR) is 124 cm³/mol. The number of phenolic OH excluding ortho intramolecular Hbond substituents is 1. The smallest absolute Gasteiger partial charge is 0.158 e. The molecule has 1 atom stereocenters. The van der Waals surface area contributed by atoms with Crippen molar-refractivity contribution in [2.75, 3.05) is 5.43 Å². The van der Waals surface area contributed by atoms with Crippen molar-refractivity contribution in [3.63, 3.8) is 0 Å². The molecule has 0 saturated carbocycles. The lowest BCUT2D eigenvalue weighted by atomic mass is 9.69. The third-order valence-electron chi connectivity index (χ3n) is 6.22. The zero-order chi connectivity index (χ0) is 20.6. The molecule has 0 amide bonds. The van der Waals surface area contributed by atoms with Gasteiger partial charge in [-0.3, -0.25) is 5.43 Å². The van der Waals surface area contributed by atoms with E-state index in [9.17, 15) is 5.11 Å². The van der Waals surface area contributed by atoms with Gasteiger partial charge in [-0.2, -0.15) is 5.10 Å². The van der Waals surface area contributed by atoms with Crippen molar-refractivity contribution in [1.82, 2.24) is 9.97 Å². The summed E-state index contributed by atoms with van der Waals surface area (Å²) in [5.74, 6) is 1.57. The molecule has 0 spiro atoms. The highest BCUT2D eigenvalue weighted by Gasteiger charge is 2.33. The van der Waals surface area contributed by atoms with Gasteiger partial charge in [-0.15, -0.1) is 11.3 Å². The van der Waals surface area contributed by atoms with Crippen LogP contribution in [-0.2, 0) is 12.8 Å². The summed E-state index contributed by atoms with van der Waals surface area (Å²) < 4.78 is 0.887. The largest absolute Gasteiger partial charge is 0.507 e. The average Bonchev–Trinajstić information content (AvgIpc) is 3.09. The maximum absolute atomic E-state index is 9.99. The molecule has 5 nitrogen and oxygen atoms in total. The van der Waals surface area contributed by atoms with Gasteiger partial charge in [0.2, 0.25) is 0 Å². The summed E-state index contributed by atoms with van der Waals surface area (Å²) >= 11 is 5.20. The summed E-state index contributed by atoms with van der Waals surface area (Å²) in [7, 11) is 0. The van der Waals surface area contributed by atoms with Crippen LogP contribution in [0.4, 0.5) is 5.82 Å². The van der Waals surface area contributed by atoms with E-state index in [1.165, 1.54) is 23.3 Å². The predicted octanol–water partition coefficient (Wildman–Crippen LogP) is 6.15. The van der Waals surface area contributed by atoms with E-state index in [4.69, 9.17) is 0 Å². The van der Waals surface area contributed by atoms with E-state index in [-0.39, 0.29) is 5.75 Å². The fraction of sp³-hybridized carbons (Fsp3) is 0.409. The van der Waals surface area contributed by atoms with Crippen LogP contribution in [0.25, 0.3) is 10.2 Å². The fourth-order valence-corrected chi connectivity index (χ4v) is 5.50. The van der Waals surface area contributed by atoms with Gasteiger partial charge >= 0.3 is 0 Å². The first kappa shape index (κ1) is 20.3. The topological polar surface area (TPSA) is 70.4 Å². The number of thiophene rings is 1. The van der Waals surface area contributed by atoms with Gasteiger partial charge in [0.1, 0.15) is 16.9 Å². The van der Waals surface area contributed by atoms with Crippen LogP contribution in [0.5, 0.6) is 5.75 Å². The molecule has 2 heterocycles. The van der Waals surface area contributed by atoms with Crippen LogP contribution in [0.1, 0.15) is 49.6 Å². The first-order valence-corrected chi connectivity index (χ1v) is 11.5. The number of anilines is 1. The number of rotatable bonds is 5. The third kappa shape index (κ3) is 4.03. The second-order valence-electron chi connectivity index (χ2n) is 8.26. The van der Waals surface area contributed by atoms with E-state index in [1.807, 2.05) is 6.07 Å². The zero-order valence-corrected chi connectivity index (χ0v) is 19.3. The SMILES string of the molecule is CCC(C)(C)[C@@H]1CCc2sc3ncnc(N/N=C\c4cc(Br)ccc4O)c3c2C1. The molecule has 0 aliphatic heterocycles. The van der Waals surface area contributed by atoms with Gasteiger partial charge in [0.05, 0.1) is 11.6 Å². The van der Waals surface area contributed by atoms with Gasteiger partial charge in [0.25, 0.3) is 0 Å². The summed E-state index contributed by atoms with van der Waals surface area (Å²) in [6.07, 6.45) is 7.78. The Kier molecular flexibility index (Phi) is 5.62. The number of nitrogens with zero attached hydrogens (tertiary/aromatic N) is 3. The standard InChI is InChI=1S/C22H25BrN4OS/c1-4-22(2,3)14-5-8-18-16(10-14)19-20(24-12-25-21(19)29-18)27-26-11-13-9-15(23)6-7-17(13)28/h6-7,9,11-12,14,28H,4-5,8,10H2,1-3H3,(H,24,25,27)/b26-11-/t14-/m1/s1. The molecule has 29 heavy (non-hydrogen) atoms. The van der Waals surface area contributed by atoms with Crippen molar-refractivity contribution in [3.8, 4) is 5.75 Å². The Morgan fingerprint density at radius 3 is 3.00 bits per heavy atom. The Bertz CT molecular complexity index is 1080. The van der Waals surface area contributed by atoms with Crippen LogP contribution in [0, 0.1) is 11.3 Å². The van der Waals surface area contributed by atoms with Crippen molar-refractivity contribution in [3.05, 3.63) is 45.0 Å².